The Morgan fingerprint density at radius 1 is 1.28 bits per heavy atom. The van der Waals surface area contributed by atoms with Gasteiger partial charge in [-0.25, -0.2) is 4.79 Å². The van der Waals surface area contributed by atoms with Gasteiger partial charge in [0.05, 0.1) is 11.7 Å². The summed E-state index contributed by atoms with van der Waals surface area (Å²) in [5.74, 6) is -2.54. The molecule has 0 spiro atoms. The Labute approximate surface area is 149 Å². The molecule has 3 rings (SSSR count). The molecule has 7 heteroatoms. The molecule has 132 valence electrons. The SMILES string of the molecule is CC(c1cccnc1)N(C(=O)Nc1ccccc1SC(F)F)C1CC1. The predicted molar refractivity (Wildman–Crippen MR) is 94.8 cm³/mol. The number of para-hydroxylation sites is 1. The first kappa shape index (κ1) is 17.7. The fraction of sp³-hybridized carbons (Fsp3) is 0.333. The number of carbonyl (C=O) groups excluding carboxylic acids is 1. The van der Waals surface area contributed by atoms with E-state index in [1.165, 1.54) is 0 Å². The van der Waals surface area contributed by atoms with Gasteiger partial charge in [-0.05, 0) is 43.5 Å². The number of amides is 2. The number of aromatic nitrogens is 1. The van der Waals surface area contributed by atoms with Crippen LogP contribution in [0.5, 0.6) is 0 Å². The van der Waals surface area contributed by atoms with Crippen LogP contribution in [-0.4, -0.2) is 27.7 Å². The molecular formula is C18H19F2N3OS. The first-order valence-corrected chi connectivity index (χ1v) is 8.97. The summed E-state index contributed by atoms with van der Waals surface area (Å²) < 4.78 is 25.4. The average Bonchev–Trinajstić information content (AvgIpc) is 3.42. The molecule has 1 N–H and O–H groups in total. The second-order valence-electron chi connectivity index (χ2n) is 5.91. The van der Waals surface area contributed by atoms with Crippen LogP contribution >= 0.6 is 11.8 Å². The topological polar surface area (TPSA) is 45.2 Å². The molecule has 0 aliphatic heterocycles. The fourth-order valence-electron chi connectivity index (χ4n) is 2.74. The molecule has 1 heterocycles. The van der Waals surface area contributed by atoms with Crippen LogP contribution in [0.1, 0.15) is 31.4 Å². The molecule has 2 amide bonds. The van der Waals surface area contributed by atoms with Crippen molar-refractivity contribution in [3.8, 4) is 0 Å². The van der Waals surface area contributed by atoms with Gasteiger partial charge in [0.1, 0.15) is 0 Å². The molecular weight excluding hydrogens is 344 g/mol. The number of alkyl halides is 2. The first-order valence-electron chi connectivity index (χ1n) is 8.09. The highest BCUT2D eigenvalue weighted by Crippen LogP contribution is 2.36. The third-order valence-electron chi connectivity index (χ3n) is 4.10. The Hall–Kier alpha value is -2.15. The number of thioether (sulfide) groups is 1. The lowest BCUT2D eigenvalue weighted by Crippen LogP contribution is -2.38. The minimum absolute atomic E-state index is 0.142. The van der Waals surface area contributed by atoms with Crippen LogP contribution in [0.2, 0.25) is 0 Å². The number of hydrogen-bond acceptors (Lipinski definition) is 3. The van der Waals surface area contributed by atoms with Gasteiger partial charge >= 0.3 is 6.03 Å². The van der Waals surface area contributed by atoms with Gasteiger partial charge in [-0.15, -0.1) is 0 Å². The van der Waals surface area contributed by atoms with Crippen molar-refractivity contribution < 1.29 is 13.6 Å². The molecule has 1 aromatic heterocycles. The van der Waals surface area contributed by atoms with Crippen molar-refractivity contribution in [2.75, 3.05) is 5.32 Å². The van der Waals surface area contributed by atoms with E-state index in [0.717, 1.165) is 18.4 Å². The number of rotatable bonds is 6. The molecule has 0 bridgehead atoms. The average molecular weight is 363 g/mol. The summed E-state index contributed by atoms with van der Waals surface area (Å²) >= 11 is 0.431. The van der Waals surface area contributed by atoms with E-state index in [9.17, 15) is 13.6 Å². The third-order valence-corrected chi connectivity index (χ3v) is 4.89. The maximum absolute atomic E-state index is 12.8. The number of pyridine rings is 1. The number of nitrogens with one attached hydrogen (secondary N) is 1. The quantitative estimate of drug-likeness (QED) is 0.722. The molecule has 1 unspecified atom stereocenters. The highest BCUT2D eigenvalue weighted by atomic mass is 32.2. The normalized spacial score (nSPS) is 15.0. The summed E-state index contributed by atoms with van der Waals surface area (Å²) in [6, 6.07) is 10.1. The number of urea groups is 1. The number of hydrogen-bond donors (Lipinski definition) is 1. The molecule has 1 aliphatic rings. The molecule has 1 aromatic carbocycles. The maximum atomic E-state index is 12.8. The fourth-order valence-corrected chi connectivity index (χ4v) is 3.34. The number of carbonyl (C=O) groups is 1. The van der Waals surface area contributed by atoms with E-state index in [1.807, 2.05) is 19.1 Å². The molecule has 1 saturated carbocycles. The number of anilines is 1. The highest BCUT2D eigenvalue weighted by molar-refractivity contribution is 7.99. The molecule has 1 aliphatic carbocycles. The van der Waals surface area contributed by atoms with Gasteiger partial charge in [-0.3, -0.25) is 4.98 Å². The van der Waals surface area contributed by atoms with Crippen LogP contribution < -0.4 is 5.32 Å². The summed E-state index contributed by atoms with van der Waals surface area (Å²) in [6.45, 7) is 1.95. The zero-order chi connectivity index (χ0) is 17.8. The van der Waals surface area contributed by atoms with Crippen molar-refractivity contribution in [1.82, 2.24) is 9.88 Å². The Morgan fingerprint density at radius 2 is 2.04 bits per heavy atom. The molecule has 4 nitrogen and oxygen atoms in total. The zero-order valence-corrected chi connectivity index (χ0v) is 14.5. The van der Waals surface area contributed by atoms with E-state index >= 15 is 0 Å². The summed E-state index contributed by atoms with van der Waals surface area (Å²) in [7, 11) is 0. The smallest absolute Gasteiger partial charge is 0.315 e. The molecule has 25 heavy (non-hydrogen) atoms. The summed E-state index contributed by atoms with van der Waals surface area (Å²) in [6.07, 6.45) is 5.33. The first-order chi connectivity index (χ1) is 12.1. The van der Waals surface area contributed by atoms with Crippen molar-refractivity contribution in [1.29, 1.82) is 0 Å². The van der Waals surface area contributed by atoms with E-state index < -0.39 is 5.76 Å². The second-order valence-corrected chi connectivity index (χ2v) is 6.94. The molecule has 2 aromatic rings. The molecule has 0 radical (unpaired) electrons. The predicted octanol–water partition coefficient (Wildman–Crippen LogP) is 5.15. The van der Waals surface area contributed by atoms with Crippen molar-refractivity contribution >= 4 is 23.5 Å². The Kier molecular flexibility index (Phi) is 5.53. The zero-order valence-electron chi connectivity index (χ0n) is 13.7. The lowest BCUT2D eigenvalue weighted by Gasteiger charge is -2.30. The lowest BCUT2D eigenvalue weighted by molar-refractivity contribution is 0.188. The van der Waals surface area contributed by atoms with Gasteiger partial charge in [0.25, 0.3) is 5.76 Å². The molecule has 1 fully saturated rings. The van der Waals surface area contributed by atoms with Crippen LogP contribution in [-0.2, 0) is 0 Å². The number of nitrogens with zero attached hydrogens (tertiary/aromatic N) is 2. The van der Waals surface area contributed by atoms with Crippen molar-refractivity contribution in [3.05, 3.63) is 54.4 Å². The number of benzene rings is 1. The Balaban J connectivity index is 1.79. The molecule has 0 saturated heterocycles. The lowest BCUT2D eigenvalue weighted by atomic mass is 10.1. The van der Waals surface area contributed by atoms with E-state index in [0.29, 0.717) is 22.3 Å². The van der Waals surface area contributed by atoms with E-state index in [-0.39, 0.29) is 18.1 Å². The van der Waals surface area contributed by atoms with Crippen molar-refractivity contribution in [2.45, 2.75) is 42.5 Å². The highest BCUT2D eigenvalue weighted by Gasteiger charge is 2.36. The van der Waals surface area contributed by atoms with Crippen molar-refractivity contribution in [3.63, 3.8) is 0 Å². The molecule has 1 atom stereocenters. The summed E-state index contributed by atoms with van der Waals surface area (Å²) in [5.41, 5.74) is 1.35. The van der Waals surface area contributed by atoms with Crippen molar-refractivity contribution in [2.24, 2.45) is 0 Å². The van der Waals surface area contributed by atoms with Gasteiger partial charge in [-0.2, -0.15) is 8.78 Å². The minimum atomic E-state index is -2.54. The third kappa shape index (κ3) is 4.48. The van der Waals surface area contributed by atoms with E-state index in [2.05, 4.69) is 10.3 Å². The monoisotopic (exact) mass is 363 g/mol. The van der Waals surface area contributed by atoms with Crippen LogP contribution in [0.15, 0.2) is 53.7 Å². The standard InChI is InChI=1S/C18H19F2N3OS/c1-12(13-5-4-10-21-11-13)23(14-8-9-14)18(24)22-15-6-2-3-7-16(15)25-17(19)20/h2-7,10-12,14,17H,8-9H2,1H3,(H,22,24). The van der Waals surface area contributed by atoms with Gasteiger partial charge in [-0.1, -0.05) is 30.0 Å². The van der Waals surface area contributed by atoms with Gasteiger partial charge in [0.15, 0.2) is 0 Å². The van der Waals surface area contributed by atoms with E-state index in [1.54, 1.807) is 41.6 Å². The van der Waals surface area contributed by atoms with Gasteiger partial charge < -0.3 is 10.2 Å². The summed E-state index contributed by atoms with van der Waals surface area (Å²) in [5, 5.41) is 2.80. The van der Waals surface area contributed by atoms with E-state index in [4.69, 9.17) is 0 Å². The van der Waals surface area contributed by atoms with Gasteiger partial charge in [0, 0.05) is 23.3 Å². The summed E-state index contributed by atoms with van der Waals surface area (Å²) in [4.78, 5) is 19.1. The van der Waals surface area contributed by atoms with Gasteiger partial charge in [0.2, 0.25) is 0 Å². The second kappa shape index (κ2) is 7.82. The Bertz CT molecular complexity index is 725. The maximum Gasteiger partial charge on any atom is 0.322 e. The number of halogens is 2. The van der Waals surface area contributed by atoms with Crippen LogP contribution in [0, 0.1) is 0 Å². The van der Waals surface area contributed by atoms with Crippen LogP contribution in [0.4, 0.5) is 19.3 Å². The van der Waals surface area contributed by atoms with Crippen LogP contribution in [0.3, 0.4) is 0 Å². The largest absolute Gasteiger partial charge is 0.322 e. The Morgan fingerprint density at radius 3 is 2.68 bits per heavy atom. The minimum Gasteiger partial charge on any atom is -0.315 e. The van der Waals surface area contributed by atoms with Crippen LogP contribution in [0.25, 0.3) is 0 Å².